The number of hydrogen-bond acceptors (Lipinski definition) is 1. The smallest absolute Gasteiger partial charge is 0.128 e. The molecule has 0 saturated heterocycles. The van der Waals surface area contributed by atoms with Gasteiger partial charge in [-0.05, 0) is 55.2 Å². The van der Waals surface area contributed by atoms with E-state index in [2.05, 4.69) is 0 Å². The Bertz CT molecular complexity index is 620. The number of halogens is 2. The third kappa shape index (κ3) is 2.51. The highest BCUT2D eigenvalue weighted by molar-refractivity contribution is 5.41. The summed E-state index contributed by atoms with van der Waals surface area (Å²) in [6.07, 6.45) is 0. The van der Waals surface area contributed by atoms with Crippen molar-refractivity contribution in [1.82, 2.24) is 0 Å². The molecule has 0 fully saturated rings. The Balaban J connectivity index is 2.53. The molecule has 0 aliphatic rings. The topological polar surface area (TPSA) is 26.0 Å². The Kier molecular flexibility index (Phi) is 3.67. The molecule has 0 bridgehead atoms. The summed E-state index contributed by atoms with van der Waals surface area (Å²) < 4.78 is 27.5. The van der Waals surface area contributed by atoms with Gasteiger partial charge in [0.2, 0.25) is 0 Å². The van der Waals surface area contributed by atoms with Crippen LogP contribution >= 0.6 is 0 Å². The molecule has 0 heterocycles. The fourth-order valence-corrected chi connectivity index (χ4v) is 2.18. The molecule has 0 spiro atoms. The Morgan fingerprint density at radius 1 is 0.895 bits per heavy atom. The first kappa shape index (κ1) is 13.7. The largest absolute Gasteiger partial charge is 0.320 e. The average Bonchev–Trinajstić information content (AvgIpc) is 2.36. The molecule has 0 saturated carbocycles. The molecule has 0 radical (unpaired) electrons. The van der Waals surface area contributed by atoms with Crippen LogP contribution in [0.25, 0.3) is 0 Å². The molecule has 0 aliphatic heterocycles. The van der Waals surface area contributed by atoms with Gasteiger partial charge in [0.25, 0.3) is 0 Å². The van der Waals surface area contributed by atoms with Crippen LogP contribution < -0.4 is 5.73 Å². The lowest BCUT2D eigenvalue weighted by atomic mass is 9.92. The van der Waals surface area contributed by atoms with Crippen LogP contribution in [-0.2, 0) is 0 Å². The van der Waals surface area contributed by atoms with E-state index in [0.29, 0.717) is 0 Å². The highest BCUT2D eigenvalue weighted by atomic mass is 19.1. The Labute approximate surface area is 112 Å². The zero-order valence-corrected chi connectivity index (χ0v) is 11.3. The molecule has 0 amide bonds. The van der Waals surface area contributed by atoms with Gasteiger partial charge in [-0.15, -0.1) is 0 Å². The van der Waals surface area contributed by atoms with Crippen molar-refractivity contribution >= 4 is 0 Å². The van der Waals surface area contributed by atoms with E-state index in [4.69, 9.17) is 5.73 Å². The lowest BCUT2D eigenvalue weighted by Gasteiger charge is -2.18. The molecule has 2 aromatic carbocycles. The second-order valence-corrected chi connectivity index (χ2v) is 4.89. The minimum Gasteiger partial charge on any atom is -0.320 e. The third-order valence-corrected chi connectivity index (χ3v) is 3.59. The zero-order chi connectivity index (χ0) is 14.2. The van der Waals surface area contributed by atoms with E-state index >= 15 is 0 Å². The van der Waals surface area contributed by atoms with Gasteiger partial charge >= 0.3 is 0 Å². The number of nitrogens with two attached hydrogens (primary N) is 1. The van der Waals surface area contributed by atoms with Crippen molar-refractivity contribution in [2.24, 2.45) is 5.73 Å². The Hall–Kier alpha value is -1.74. The van der Waals surface area contributed by atoms with E-state index in [1.165, 1.54) is 19.1 Å². The van der Waals surface area contributed by atoms with Crippen molar-refractivity contribution in [2.45, 2.75) is 26.8 Å². The molecule has 100 valence electrons. The SMILES string of the molecule is Cc1cc(F)c(C(N)c2cccc(C)c2C)cc1F. The first-order valence-corrected chi connectivity index (χ1v) is 6.19. The molecule has 2 N–H and O–H groups in total. The maximum Gasteiger partial charge on any atom is 0.128 e. The minimum absolute atomic E-state index is 0.191. The van der Waals surface area contributed by atoms with Crippen LogP contribution in [0.3, 0.4) is 0 Å². The summed E-state index contributed by atoms with van der Waals surface area (Å²) in [5, 5.41) is 0. The number of benzene rings is 2. The van der Waals surface area contributed by atoms with Crippen molar-refractivity contribution in [2.75, 3.05) is 0 Å². The van der Waals surface area contributed by atoms with Gasteiger partial charge in [-0.2, -0.15) is 0 Å². The van der Waals surface area contributed by atoms with Crippen LogP contribution in [0.4, 0.5) is 8.78 Å². The minimum atomic E-state index is -0.657. The van der Waals surface area contributed by atoms with Gasteiger partial charge in [0.1, 0.15) is 11.6 Å². The van der Waals surface area contributed by atoms with Crippen LogP contribution in [0.15, 0.2) is 30.3 Å². The van der Waals surface area contributed by atoms with Gasteiger partial charge in [-0.25, -0.2) is 8.78 Å². The summed E-state index contributed by atoms with van der Waals surface area (Å²) in [6, 6.07) is 7.42. The molecule has 1 unspecified atom stereocenters. The van der Waals surface area contributed by atoms with E-state index < -0.39 is 17.7 Å². The first-order chi connectivity index (χ1) is 8.91. The fraction of sp³-hybridized carbons (Fsp3) is 0.250. The molecule has 0 aromatic heterocycles. The van der Waals surface area contributed by atoms with Crippen molar-refractivity contribution in [3.05, 3.63) is 69.8 Å². The lowest BCUT2D eigenvalue weighted by molar-refractivity contribution is 0.570. The number of aryl methyl sites for hydroxylation is 2. The lowest BCUT2D eigenvalue weighted by Crippen LogP contribution is -2.16. The molecule has 19 heavy (non-hydrogen) atoms. The molecular weight excluding hydrogens is 244 g/mol. The van der Waals surface area contributed by atoms with E-state index in [-0.39, 0.29) is 11.1 Å². The number of rotatable bonds is 2. The van der Waals surface area contributed by atoms with Crippen LogP contribution in [-0.4, -0.2) is 0 Å². The average molecular weight is 261 g/mol. The predicted octanol–water partition coefficient (Wildman–Crippen LogP) is 3.94. The van der Waals surface area contributed by atoms with Crippen LogP contribution in [0.5, 0.6) is 0 Å². The van der Waals surface area contributed by atoms with Crippen LogP contribution in [0, 0.1) is 32.4 Å². The third-order valence-electron chi connectivity index (χ3n) is 3.59. The van der Waals surface area contributed by atoms with E-state index in [1.807, 2.05) is 32.0 Å². The second kappa shape index (κ2) is 5.10. The van der Waals surface area contributed by atoms with Gasteiger partial charge in [-0.3, -0.25) is 0 Å². The van der Waals surface area contributed by atoms with Crippen molar-refractivity contribution < 1.29 is 8.78 Å². The van der Waals surface area contributed by atoms with E-state index in [9.17, 15) is 8.78 Å². The molecule has 0 aliphatic carbocycles. The monoisotopic (exact) mass is 261 g/mol. The highest BCUT2D eigenvalue weighted by Gasteiger charge is 2.18. The van der Waals surface area contributed by atoms with Gasteiger partial charge in [0, 0.05) is 5.56 Å². The van der Waals surface area contributed by atoms with E-state index in [0.717, 1.165) is 16.7 Å². The summed E-state index contributed by atoms with van der Waals surface area (Å²) in [4.78, 5) is 0. The van der Waals surface area contributed by atoms with Crippen molar-refractivity contribution in [3.8, 4) is 0 Å². The molecule has 2 rings (SSSR count). The second-order valence-electron chi connectivity index (χ2n) is 4.89. The maximum absolute atomic E-state index is 14.0. The summed E-state index contributed by atoms with van der Waals surface area (Å²) in [5.74, 6) is -0.899. The van der Waals surface area contributed by atoms with Crippen molar-refractivity contribution in [3.63, 3.8) is 0 Å². The molecule has 3 heteroatoms. The Morgan fingerprint density at radius 3 is 2.26 bits per heavy atom. The predicted molar refractivity (Wildman–Crippen MR) is 73.0 cm³/mol. The first-order valence-electron chi connectivity index (χ1n) is 6.19. The normalized spacial score (nSPS) is 12.5. The van der Waals surface area contributed by atoms with Crippen LogP contribution in [0.2, 0.25) is 0 Å². The van der Waals surface area contributed by atoms with Crippen molar-refractivity contribution in [1.29, 1.82) is 0 Å². The summed E-state index contributed by atoms with van der Waals surface area (Å²) in [6.45, 7) is 5.44. The van der Waals surface area contributed by atoms with Gasteiger partial charge < -0.3 is 5.73 Å². The zero-order valence-electron chi connectivity index (χ0n) is 11.3. The standard InChI is InChI=1S/C16H17F2N/c1-9-5-4-6-12(11(9)3)16(19)13-8-14(17)10(2)7-15(13)18/h4-8,16H,19H2,1-3H3. The quantitative estimate of drug-likeness (QED) is 0.870. The summed E-state index contributed by atoms with van der Waals surface area (Å²) in [5.41, 5.74) is 9.49. The molecule has 1 nitrogen and oxygen atoms in total. The van der Waals surface area contributed by atoms with Crippen LogP contribution in [0.1, 0.15) is 33.9 Å². The molecular formula is C16H17F2N. The maximum atomic E-state index is 14.0. The van der Waals surface area contributed by atoms with Gasteiger partial charge in [0.15, 0.2) is 0 Å². The molecule has 1 atom stereocenters. The summed E-state index contributed by atoms with van der Waals surface area (Å²) >= 11 is 0. The molecule has 2 aromatic rings. The Morgan fingerprint density at radius 2 is 1.58 bits per heavy atom. The fourth-order valence-electron chi connectivity index (χ4n) is 2.18. The van der Waals surface area contributed by atoms with Gasteiger partial charge in [0.05, 0.1) is 6.04 Å². The highest BCUT2D eigenvalue weighted by Crippen LogP contribution is 2.27. The number of hydrogen-bond donors (Lipinski definition) is 1. The van der Waals surface area contributed by atoms with E-state index in [1.54, 1.807) is 0 Å². The van der Waals surface area contributed by atoms with Gasteiger partial charge in [-0.1, -0.05) is 18.2 Å². The summed E-state index contributed by atoms with van der Waals surface area (Å²) in [7, 11) is 0.